The lowest BCUT2D eigenvalue weighted by Gasteiger charge is -2.30. The van der Waals surface area contributed by atoms with Crippen LogP contribution in [-0.4, -0.2) is 36.1 Å². The summed E-state index contributed by atoms with van der Waals surface area (Å²) in [7, 11) is 0. The quantitative estimate of drug-likeness (QED) is 0.761. The third-order valence-electron chi connectivity index (χ3n) is 4.41. The zero-order valence-corrected chi connectivity index (χ0v) is 13.3. The van der Waals surface area contributed by atoms with Crippen molar-refractivity contribution in [3.8, 4) is 0 Å². The molecule has 0 spiro atoms. The highest BCUT2D eigenvalue weighted by Gasteiger charge is 2.51. The van der Waals surface area contributed by atoms with Gasteiger partial charge in [0.25, 0.3) is 0 Å². The fraction of sp³-hybridized carbons (Fsp3) is 0.438. The highest BCUT2D eigenvalue weighted by Crippen LogP contribution is 2.39. The maximum absolute atomic E-state index is 13.8. The van der Waals surface area contributed by atoms with Crippen LogP contribution in [0.1, 0.15) is 12.0 Å². The maximum Gasteiger partial charge on any atom is 0.421 e. The Bertz CT molecular complexity index is 904. The summed E-state index contributed by atoms with van der Waals surface area (Å²) in [5.74, 6) is 0. The van der Waals surface area contributed by atoms with Crippen LogP contribution in [0, 0.1) is 0 Å². The molecule has 1 aromatic heterocycles. The Morgan fingerprint density at radius 2 is 1.78 bits per heavy atom. The van der Waals surface area contributed by atoms with Gasteiger partial charge >= 0.3 is 12.4 Å². The minimum atomic E-state index is -5.23. The molecule has 0 saturated carbocycles. The number of H-pyrrole nitrogens is 1. The summed E-state index contributed by atoms with van der Waals surface area (Å²) in [5, 5.41) is -0.483. The average molecular weight is 400 g/mol. The van der Waals surface area contributed by atoms with Crippen molar-refractivity contribution in [2.45, 2.75) is 37.2 Å². The Kier molecular flexibility index (Phi) is 4.59. The summed E-state index contributed by atoms with van der Waals surface area (Å²) in [4.78, 5) is 14.4. The lowest BCUT2D eigenvalue weighted by Crippen LogP contribution is -2.44. The molecule has 1 aliphatic rings. The molecule has 1 aliphatic heterocycles. The Balaban J connectivity index is 2.11. The fourth-order valence-corrected chi connectivity index (χ4v) is 3.26. The van der Waals surface area contributed by atoms with E-state index in [1.165, 1.54) is 0 Å². The van der Waals surface area contributed by atoms with Crippen molar-refractivity contribution in [3.05, 3.63) is 40.2 Å². The number of alkyl halides is 8. The van der Waals surface area contributed by atoms with E-state index in [1.54, 1.807) is 0 Å². The van der Waals surface area contributed by atoms with Crippen LogP contribution in [0.15, 0.2) is 29.1 Å². The van der Waals surface area contributed by atoms with Crippen molar-refractivity contribution in [1.82, 2.24) is 4.98 Å². The SMILES string of the molecule is O=c1cc(C(F)(F)F)c2cc(N3C[C@@H](F)C[C@@H]3C(F)C(F)(F)F)ccc2[nH]1. The number of pyridine rings is 1. The molecular formula is C16H12F8N2O. The molecule has 1 aromatic carbocycles. The minimum Gasteiger partial charge on any atom is -0.362 e. The van der Waals surface area contributed by atoms with Gasteiger partial charge in [-0.3, -0.25) is 4.79 Å². The monoisotopic (exact) mass is 400 g/mol. The number of aromatic nitrogens is 1. The molecule has 11 heteroatoms. The summed E-state index contributed by atoms with van der Waals surface area (Å²) in [6, 6.07) is 1.48. The predicted octanol–water partition coefficient (Wildman–Crippen LogP) is 4.36. The summed E-state index contributed by atoms with van der Waals surface area (Å²) in [6.45, 7) is -0.586. The molecule has 1 unspecified atom stereocenters. The molecule has 0 radical (unpaired) electrons. The standard InChI is InChI=1S/C16H12F8N2O/c17-7-3-12(14(18)16(22,23)24)26(6-7)8-1-2-11-9(4-8)10(15(19,20)21)5-13(27)25-11/h1-2,4-5,7,12,14H,3,6H2,(H,25,27)/t7-,12+,14?/m0/s1. The van der Waals surface area contributed by atoms with E-state index in [1.807, 2.05) is 0 Å². The molecule has 3 nitrogen and oxygen atoms in total. The Morgan fingerprint density at radius 1 is 1.11 bits per heavy atom. The number of fused-ring (bicyclic) bond motifs is 1. The topological polar surface area (TPSA) is 36.1 Å². The lowest BCUT2D eigenvalue weighted by molar-refractivity contribution is -0.185. The summed E-state index contributed by atoms with van der Waals surface area (Å²) in [5.41, 5.74) is -2.69. The number of aromatic amines is 1. The van der Waals surface area contributed by atoms with Crippen molar-refractivity contribution in [2.24, 2.45) is 0 Å². The Morgan fingerprint density at radius 3 is 2.37 bits per heavy atom. The molecule has 1 N–H and O–H groups in total. The molecule has 1 saturated heterocycles. The summed E-state index contributed by atoms with van der Waals surface area (Å²) < 4.78 is 105. The van der Waals surface area contributed by atoms with E-state index in [4.69, 9.17) is 0 Å². The van der Waals surface area contributed by atoms with Gasteiger partial charge in [0, 0.05) is 35.6 Å². The van der Waals surface area contributed by atoms with Gasteiger partial charge in [-0.2, -0.15) is 26.3 Å². The molecule has 1 fully saturated rings. The van der Waals surface area contributed by atoms with Gasteiger partial charge in [-0.15, -0.1) is 0 Å². The van der Waals surface area contributed by atoms with Gasteiger partial charge in [0.15, 0.2) is 0 Å². The third kappa shape index (κ3) is 3.72. The first-order valence-corrected chi connectivity index (χ1v) is 7.73. The van der Waals surface area contributed by atoms with E-state index in [2.05, 4.69) is 4.98 Å². The highest BCUT2D eigenvalue weighted by molar-refractivity contribution is 5.86. The smallest absolute Gasteiger partial charge is 0.362 e. The van der Waals surface area contributed by atoms with Gasteiger partial charge in [0.2, 0.25) is 11.7 Å². The second kappa shape index (κ2) is 6.38. The molecule has 2 heterocycles. The molecule has 0 aliphatic carbocycles. The van der Waals surface area contributed by atoms with Crippen LogP contribution < -0.4 is 10.5 Å². The van der Waals surface area contributed by atoms with E-state index in [0.717, 1.165) is 23.1 Å². The first kappa shape index (κ1) is 19.4. The van der Waals surface area contributed by atoms with Crippen LogP contribution in [0.2, 0.25) is 0 Å². The molecule has 0 bridgehead atoms. The van der Waals surface area contributed by atoms with E-state index >= 15 is 0 Å². The molecule has 148 valence electrons. The molecule has 27 heavy (non-hydrogen) atoms. The average Bonchev–Trinajstić information content (AvgIpc) is 2.92. The number of halogens is 8. The normalized spacial score (nSPS) is 22.4. The van der Waals surface area contributed by atoms with Crippen molar-refractivity contribution >= 4 is 16.6 Å². The molecular weight excluding hydrogens is 388 g/mol. The second-order valence-corrected chi connectivity index (χ2v) is 6.27. The molecule has 0 amide bonds. The van der Waals surface area contributed by atoms with Gasteiger partial charge in [-0.1, -0.05) is 0 Å². The molecule has 3 atom stereocenters. The summed E-state index contributed by atoms with van der Waals surface area (Å²) in [6.07, 6.45) is -16.0. The maximum atomic E-state index is 13.8. The van der Waals surface area contributed by atoms with E-state index in [-0.39, 0.29) is 11.2 Å². The first-order chi connectivity index (χ1) is 12.4. The van der Waals surface area contributed by atoms with Crippen LogP contribution in [0.25, 0.3) is 10.9 Å². The van der Waals surface area contributed by atoms with Gasteiger partial charge in [0.05, 0.1) is 11.6 Å². The molecule has 2 aromatic rings. The Hall–Kier alpha value is -2.33. The van der Waals surface area contributed by atoms with Gasteiger partial charge in [-0.25, -0.2) is 8.78 Å². The highest BCUT2D eigenvalue weighted by atomic mass is 19.4. The number of anilines is 1. The van der Waals surface area contributed by atoms with E-state index < -0.39 is 60.2 Å². The van der Waals surface area contributed by atoms with Gasteiger partial charge < -0.3 is 9.88 Å². The van der Waals surface area contributed by atoms with Crippen molar-refractivity contribution in [3.63, 3.8) is 0 Å². The van der Waals surface area contributed by atoms with Gasteiger partial charge in [-0.05, 0) is 18.2 Å². The van der Waals surface area contributed by atoms with Crippen molar-refractivity contribution in [2.75, 3.05) is 11.4 Å². The minimum absolute atomic E-state index is 0.196. The largest absolute Gasteiger partial charge is 0.421 e. The number of benzene rings is 1. The van der Waals surface area contributed by atoms with Crippen LogP contribution in [0.5, 0.6) is 0 Å². The lowest BCUT2D eigenvalue weighted by atomic mass is 10.1. The van der Waals surface area contributed by atoms with Crippen LogP contribution in [0.3, 0.4) is 0 Å². The zero-order chi connectivity index (χ0) is 20.1. The zero-order valence-electron chi connectivity index (χ0n) is 13.3. The van der Waals surface area contributed by atoms with Crippen LogP contribution >= 0.6 is 0 Å². The van der Waals surface area contributed by atoms with Crippen molar-refractivity contribution < 1.29 is 35.1 Å². The number of hydrogen-bond donors (Lipinski definition) is 1. The first-order valence-electron chi connectivity index (χ1n) is 7.73. The van der Waals surface area contributed by atoms with E-state index in [9.17, 15) is 39.9 Å². The van der Waals surface area contributed by atoms with Crippen LogP contribution in [0.4, 0.5) is 40.8 Å². The number of hydrogen-bond acceptors (Lipinski definition) is 2. The second-order valence-electron chi connectivity index (χ2n) is 6.27. The van der Waals surface area contributed by atoms with Crippen molar-refractivity contribution in [1.29, 1.82) is 0 Å². The summed E-state index contributed by atoms with van der Waals surface area (Å²) >= 11 is 0. The molecule has 3 rings (SSSR count). The van der Waals surface area contributed by atoms with E-state index in [0.29, 0.717) is 6.07 Å². The third-order valence-corrected chi connectivity index (χ3v) is 4.41. The number of rotatable bonds is 2. The number of nitrogens with zero attached hydrogens (tertiary/aromatic N) is 1. The fourth-order valence-electron chi connectivity index (χ4n) is 3.26. The van der Waals surface area contributed by atoms with Gasteiger partial charge in [0.1, 0.15) is 6.17 Å². The Labute approximate surface area is 146 Å². The van der Waals surface area contributed by atoms with Crippen LogP contribution in [-0.2, 0) is 6.18 Å². The predicted molar refractivity (Wildman–Crippen MR) is 81.2 cm³/mol. The number of nitrogens with one attached hydrogen (secondary N) is 1.